The average molecular weight is 326 g/mol. The first-order chi connectivity index (χ1) is 9.40. The number of carbonyl (C=O) groups is 1. The first-order valence-corrected chi connectivity index (χ1v) is 6.32. The van der Waals surface area contributed by atoms with Gasteiger partial charge in [-0.15, -0.1) is 0 Å². The Bertz CT molecular complexity index is 526. The van der Waals surface area contributed by atoms with Crippen molar-refractivity contribution >= 4 is 23.4 Å². The second kappa shape index (κ2) is 6.11. The van der Waals surface area contributed by atoms with Crippen LogP contribution in [0, 0.1) is 0 Å². The number of halogens is 4. The van der Waals surface area contributed by atoms with E-state index in [2.05, 4.69) is 5.32 Å². The summed E-state index contributed by atoms with van der Waals surface area (Å²) in [6.07, 6.45) is -8.57. The lowest BCUT2D eigenvalue weighted by Gasteiger charge is -2.22. The highest BCUT2D eigenvalue weighted by Crippen LogP contribution is 2.37. The minimum atomic E-state index is -4.88. The van der Waals surface area contributed by atoms with E-state index in [0.717, 1.165) is 12.1 Å². The highest BCUT2D eigenvalue weighted by molar-refractivity contribution is 6.30. The molecule has 0 bridgehead atoms. The normalized spacial score (nSPS) is 13.7. The maximum atomic E-state index is 12.6. The minimum Gasteiger partial charge on any atom is -0.444 e. The van der Waals surface area contributed by atoms with E-state index in [0.29, 0.717) is 0 Å². The largest absolute Gasteiger partial charge is 0.444 e. The zero-order valence-corrected chi connectivity index (χ0v) is 12.3. The van der Waals surface area contributed by atoms with Gasteiger partial charge in [-0.2, -0.15) is 13.2 Å². The smallest absolute Gasteiger partial charge is 0.418 e. The molecule has 21 heavy (non-hydrogen) atoms. The highest BCUT2D eigenvalue weighted by atomic mass is 35.5. The molecule has 0 aliphatic carbocycles. The van der Waals surface area contributed by atoms with Crippen LogP contribution in [0.25, 0.3) is 0 Å². The molecular weight excluding hydrogens is 311 g/mol. The number of hydrogen-bond acceptors (Lipinski definition) is 3. The first kappa shape index (κ1) is 17.6. The van der Waals surface area contributed by atoms with Crippen molar-refractivity contribution < 1.29 is 27.8 Å². The molecule has 1 atom stereocenters. The van der Waals surface area contributed by atoms with Crippen molar-refractivity contribution in [3.05, 3.63) is 28.8 Å². The van der Waals surface area contributed by atoms with E-state index in [4.69, 9.17) is 16.3 Å². The summed E-state index contributed by atoms with van der Waals surface area (Å²) in [6.45, 7) is 4.83. The topological polar surface area (TPSA) is 58.6 Å². The van der Waals surface area contributed by atoms with Crippen LogP contribution in [-0.2, 0) is 4.74 Å². The monoisotopic (exact) mass is 325 g/mol. The molecule has 0 aliphatic rings. The molecule has 1 aromatic rings. The van der Waals surface area contributed by atoms with Gasteiger partial charge in [0.05, 0.1) is 5.69 Å². The number of hydrogen-bond donors (Lipinski definition) is 2. The van der Waals surface area contributed by atoms with Crippen LogP contribution in [0.2, 0.25) is 5.02 Å². The third kappa shape index (κ3) is 5.43. The van der Waals surface area contributed by atoms with Crippen molar-refractivity contribution in [1.82, 2.24) is 0 Å². The van der Waals surface area contributed by atoms with Crippen LogP contribution in [0.3, 0.4) is 0 Å². The SMILES string of the molecule is CC(C)(C)OC(=O)Nc1ccc(Cl)cc1[C@@H](O)C(F)(F)F. The molecular formula is C13H15ClF3NO3. The third-order valence-electron chi connectivity index (χ3n) is 2.25. The second-order valence-electron chi connectivity index (χ2n) is 5.30. The first-order valence-electron chi connectivity index (χ1n) is 5.94. The fourth-order valence-corrected chi connectivity index (χ4v) is 1.64. The van der Waals surface area contributed by atoms with Gasteiger partial charge in [0, 0.05) is 10.6 Å². The predicted octanol–water partition coefficient (Wildman–Crippen LogP) is 4.28. The van der Waals surface area contributed by atoms with Crippen molar-refractivity contribution in [3.63, 3.8) is 0 Å². The summed E-state index contributed by atoms with van der Waals surface area (Å²) in [5.74, 6) is 0. The van der Waals surface area contributed by atoms with Crippen LogP contribution in [0.1, 0.15) is 32.4 Å². The Hall–Kier alpha value is -1.47. The maximum Gasteiger partial charge on any atom is 0.418 e. The number of amides is 1. The fourth-order valence-electron chi connectivity index (χ4n) is 1.46. The molecule has 8 heteroatoms. The quantitative estimate of drug-likeness (QED) is 0.853. The van der Waals surface area contributed by atoms with Crippen molar-refractivity contribution in [1.29, 1.82) is 0 Å². The molecule has 0 aliphatic heterocycles. The molecule has 1 amide bonds. The molecule has 1 aromatic carbocycles. The Kier molecular flexibility index (Phi) is 5.11. The number of aliphatic hydroxyl groups is 1. The van der Waals surface area contributed by atoms with Gasteiger partial charge in [0.2, 0.25) is 0 Å². The standard InChI is InChI=1S/C13H15ClF3NO3/c1-12(2,3)21-11(20)18-9-5-4-7(14)6-8(9)10(19)13(15,16)17/h4-6,10,19H,1-3H3,(H,18,20)/t10-/m1/s1. The van der Waals surface area contributed by atoms with E-state index in [-0.39, 0.29) is 10.7 Å². The Morgan fingerprint density at radius 2 is 1.90 bits per heavy atom. The summed E-state index contributed by atoms with van der Waals surface area (Å²) in [4.78, 5) is 11.6. The number of rotatable bonds is 2. The summed E-state index contributed by atoms with van der Waals surface area (Å²) in [6, 6.07) is 3.39. The Balaban J connectivity index is 3.05. The number of ether oxygens (including phenoxy) is 1. The number of alkyl halides is 3. The van der Waals surface area contributed by atoms with Gasteiger partial charge in [-0.1, -0.05) is 11.6 Å². The second-order valence-corrected chi connectivity index (χ2v) is 5.74. The maximum absolute atomic E-state index is 12.6. The fraction of sp³-hybridized carbons (Fsp3) is 0.462. The van der Waals surface area contributed by atoms with E-state index in [9.17, 15) is 23.1 Å². The van der Waals surface area contributed by atoms with Crippen LogP contribution >= 0.6 is 11.6 Å². The van der Waals surface area contributed by atoms with Gasteiger partial charge in [-0.05, 0) is 39.0 Å². The van der Waals surface area contributed by atoms with Crippen LogP contribution in [-0.4, -0.2) is 23.0 Å². The molecule has 0 saturated carbocycles. The average Bonchev–Trinajstić information content (AvgIpc) is 2.26. The summed E-state index contributed by atoms with van der Waals surface area (Å²) >= 11 is 5.63. The molecule has 0 unspecified atom stereocenters. The molecule has 4 nitrogen and oxygen atoms in total. The lowest BCUT2D eigenvalue weighted by molar-refractivity contribution is -0.206. The van der Waals surface area contributed by atoms with Crippen LogP contribution in [0.5, 0.6) is 0 Å². The molecule has 0 aromatic heterocycles. The predicted molar refractivity (Wildman–Crippen MR) is 72.3 cm³/mol. The number of aliphatic hydroxyl groups excluding tert-OH is 1. The molecule has 2 N–H and O–H groups in total. The van der Waals surface area contributed by atoms with Crippen molar-refractivity contribution in [2.24, 2.45) is 0 Å². The summed E-state index contributed by atoms with van der Waals surface area (Å²) < 4.78 is 42.8. The zero-order chi connectivity index (χ0) is 16.4. The molecule has 0 fully saturated rings. The molecule has 0 heterocycles. The summed E-state index contributed by atoms with van der Waals surface area (Å²) in [7, 11) is 0. The van der Waals surface area contributed by atoms with Crippen LogP contribution < -0.4 is 5.32 Å². The number of nitrogens with one attached hydrogen (secondary N) is 1. The van der Waals surface area contributed by atoms with Gasteiger partial charge in [0.15, 0.2) is 6.10 Å². The van der Waals surface area contributed by atoms with E-state index in [1.807, 2.05) is 0 Å². The van der Waals surface area contributed by atoms with E-state index in [1.54, 1.807) is 20.8 Å². The molecule has 0 saturated heterocycles. The lowest BCUT2D eigenvalue weighted by atomic mass is 10.1. The van der Waals surface area contributed by atoms with Gasteiger partial charge in [-0.3, -0.25) is 5.32 Å². The Morgan fingerprint density at radius 3 is 2.38 bits per heavy atom. The van der Waals surface area contributed by atoms with E-state index >= 15 is 0 Å². The van der Waals surface area contributed by atoms with E-state index in [1.165, 1.54) is 6.07 Å². The summed E-state index contributed by atoms with van der Waals surface area (Å²) in [5.41, 5.74) is -1.58. The van der Waals surface area contributed by atoms with Crippen molar-refractivity contribution in [3.8, 4) is 0 Å². The van der Waals surface area contributed by atoms with Crippen molar-refractivity contribution in [2.75, 3.05) is 5.32 Å². The van der Waals surface area contributed by atoms with Gasteiger partial charge in [0.25, 0.3) is 0 Å². The van der Waals surface area contributed by atoms with Gasteiger partial charge in [-0.25, -0.2) is 4.79 Å². The minimum absolute atomic E-state index is 0.00281. The molecule has 0 spiro atoms. The Morgan fingerprint density at radius 1 is 1.33 bits per heavy atom. The summed E-state index contributed by atoms with van der Waals surface area (Å²) in [5, 5.41) is 11.5. The number of benzene rings is 1. The van der Waals surface area contributed by atoms with Crippen LogP contribution in [0.4, 0.5) is 23.7 Å². The number of anilines is 1. The lowest BCUT2D eigenvalue weighted by Crippen LogP contribution is -2.28. The Labute approximate surface area is 124 Å². The third-order valence-corrected chi connectivity index (χ3v) is 2.49. The number of carbonyl (C=O) groups excluding carboxylic acids is 1. The van der Waals surface area contributed by atoms with Gasteiger partial charge in [0.1, 0.15) is 5.60 Å². The van der Waals surface area contributed by atoms with Gasteiger partial charge < -0.3 is 9.84 Å². The molecule has 1 rings (SSSR count). The van der Waals surface area contributed by atoms with E-state index < -0.39 is 29.5 Å². The van der Waals surface area contributed by atoms with Gasteiger partial charge >= 0.3 is 12.3 Å². The molecule has 118 valence electrons. The highest BCUT2D eigenvalue weighted by Gasteiger charge is 2.41. The zero-order valence-electron chi connectivity index (χ0n) is 11.6. The molecule has 0 radical (unpaired) electrons. The van der Waals surface area contributed by atoms with Crippen molar-refractivity contribution in [2.45, 2.75) is 38.7 Å². The van der Waals surface area contributed by atoms with Crippen LogP contribution in [0.15, 0.2) is 18.2 Å².